The van der Waals surface area contributed by atoms with Gasteiger partial charge in [0.05, 0.1) is 51.6 Å². The van der Waals surface area contributed by atoms with E-state index < -0.39 is 21.9 Å². The monoisotopic (exact) mass is 480 g/mol. The molecule has 1 N–H and O–H groups in total. The number of anilines is 2. The molecule has 0 spiro atoms. The molecule has 10 nitrogen and oxygen atoms in total. The van der Waals surface area contributed by atoms with Crippen LogP contribution in [-0.4, -0.2) is 61.5 Å². The number of carbonyl (C=O) groups excluding carboxylic acids is 2. The predicted molar refractivity (Wildman–Crippen MR) is 124 cm³/mol. The molecule has 0 atom stereocenters. The second-order valence-electron chi connectivity index (χ2n) is 6.93. The third-order valence-electron chi connectivity index (χ3n) is 4.71. The highest BCUT2D eigenvalue weighted by molar-refractivity contribution is 7.92. The van der Waals surface area contributed by atoms with Gasteiger partial charge in [-0.2, -0.15) is 0 Å². The van der Waals surface area contributed by atoms with Gasteiger partial charge in [0.1, 0.15) is 5.75 Å². The van der Waals surface area contributed by atoms with E-state index in [0.29, 0.717) is 22.9 Å². The largest absolute Gasteiger partial charge is 0.497 e. The van der Waals surface area contributed by atoms with E-state index in [-0.39, 0.29) is 30.6 Å². The number of ether oxygens (including phenoxy) is 4. The third kappa shape index (κ3) is 6.75. The molecule has 1 amide bonds. The predicted octanol–water partition coefficient (Wildman–Crippen LogP) is 2.68. The topological polar surface area (TPSA) is 120 Å². The number of rotatable bonds is 11. The third-order valence-corrected chi connectivity index (χ3v) is 5.90. The molecular weight excluding hydrogens is 452 g/mol. The summed E-state index contributed by atoms with van der Waals surface area (Å²) in [6.07, 6.45) is 1.33. The second-order valence-corrected chi connectivity index (χ2v) is 8.84. The Morgan fingerprint density at radius 1 is 0.970 bits per heavy atom. The Hall–Kier alpha value is -3.47. The van der Waals surface area contributed by atoms with E-state index in [1.807, 2.05) is 0 Å². The summed E-state index contributed by atoms with van der Waals surface area (Å²) in [6, 6.07) is 9.52. The first-order valence-electron chi connectivity index (χ1n) is 9.90. The minimum absolute atomic E-state index is 0.00491. The van der Waals surface area contributed by atoms with Gasteiger partial charge in [-0.05, 0) is 18.6 Å². The standard InChI is InChI=1S/C22H28N2O8S/c1-29-16-9-6-8-15(12-16)24(33(5,27)28)11-7-10-21(25)23-18-14-20(31-3)19(30-2)13-17(18)22(26)32-4/h6,8-9,12-14H,7,10-11H2,1-5H3,(H,23,25). The molecule has 0 bridgehead atoms. The fourth-order valence-corrected chi connectivity index (χ4v) is 4.07. The summed E-state index contributed by atoms with van der Waals surface area (Å²) in [5.74, 6) is 0.0707. The molecule has 33 heavy (non-hydrogen) atoms. The molecule has 0 aromatic heterocycles. The maximum atomic E-state index is 12.6. The molecule has 0 heterocycles. The van der Waals surface area contributed by atoms with Crippen LogP contribution in [0, 0.1) is 0 Å². The van der Waals surface area contributed by atoms with Crippen molar-refractivity contribution in [2.75, 3.05) is 50.9 Å². The number of methoxy groups -OCH3 is 4. The number of sulfonamides is 1. The molecule has 0 fully saturated rings. The van der Waals surface area contributed by atoms with Gasteiger partial charge in [0.2, 0.25) is 15.9 Å². The number of esters is 1. The molecule has 2 aromatic carbocycles. The molecular formula is C22H28N2O8S. The van der Waals surface area contributed by atoms with Crippen molar-refractivity contribution in [3.05, 3.63) is 42.0 Å². The number of nitrogens with zero attached hydrogens (tertiary/aromatic N) is 1. The Bertz CT molecular complexity index is 1100. The van der Waals surface area contributed by atoms with Gasteiger partial charge in [-0.15, -0.1) is 0 Å². The van der Waals surface area contributed by atoms with Crippen LogP contribution < -0.4 is 23.8 Å². The molecule has 0 saturated heterocycles. The Morgan fingerprint density at radius 3 is 2.21 bits per heavy atom. The first-order chi connectivity index (χ1) is 15.6. The van der Waals surface area contributed by atoms with Crippen LogP contribution in [0.1, 0.15) is 23.2 Å². The summed E-state index contributed by atoms with van der Waals surface area (Å²) >= 11 is 0. The van der Waals surface area contributed by atoms with E-state index in [0.717, 1.165) is 6.26 Å². The average Bonchev–Trinajstić information content (AvgIpc) is 2.80. The lowest BCUT2D eigenvalue weighted by Crippen LogP contribution is -2.31. The van der Waals surface area contributed by atoms with Crippen molar-refractivity contribution in [1.82, 2.24) is 0 Å². The zero-order chi connectivity index (χ0) is 24.6. The molecule has 0 unspecified atom stereocenters. The minimum Gasteiger partial charge on any atom is -0.497 e. The second kappa shape index (κ2) is 11.4. The zero-order valence-electron chi connectivity index (χ0n) is 19.2. The Balaban J connectivity index is 2.15. The molecule has 0 aliphatic carbocycles. The van der Waals surface area contributed by atoms with Gasteiger partial charge in [-0.1, -0.05) is 6.07 Å². The van der Waals surface area contributed by atoms with Gasteiger partial charge in [0.15, 0.2) is 11.5 Å². The van der Waals surface area contributed by atoms with Gasteiger partial charge in [0.25, 0.3) is 0 Å². The Kier molecular flexibility index (Phi) is 8.92. The van der Waals surface area contributed by atoms with Crippen LogP contribution in [0.25, 0.3) is 0 Å². The van der Waals surface area contributed by atoms with Gasteiger partial charge < -0.3 is 24.3 Å². The van der Waals surface area contributed by atoms with Crippen LogP contribution in [0.3, 0.4) is 0 Å². The zero-order valence-corrected chi connectivity index (χ0v) is 20.0. The Labute approximate surface area is 193 Å². The first-order valence-corrected chi connectivity index (χ1v) is 11.7. The van der Waals surface area contributed by atoms with E-state index in [9.17, 15) is 18.0 Å². The summed E-state index contributed by atoms with van der Waals surface area (Å²) in [5, 5.41) is 2.66. The molecule has 180 valence electrons. The van der Waals surface area contributed by atoms with Crippen molar-refractivity contribution < 1.29 is 37.0 Å². The van der Waals surface area contributed by atoms with Crippen LogP contribution in [0.2, 0.25) is 0 Å². The SMILES string of the molecule is COC(=O)c1cc(OC)c(OC)cc1NC(=O)CCCN(c1cccc(OC)c1)S(C)(=O)=O. The molecule has 0 radical (unpaired) electrons. The van der Waals surface area contributed by atoms with Crippen molar-refractivity contribution in [2.24, 2.45) is 0 Å². The molecule has 0 aliphatic rings. The summed E-state index contributed by atoms with van der Waals surface area (Å²) in [6.45, 7) is 0.0786. The van der Waals surface area contributed by atoms with E-state index in [1.165, 1.54) is 44.9 Å². The molecule has 2 aromatic rings. The van der Waals surface area contributed by atoms with Gasteiger partial charge in [-0.3, -0.25) is 9.10 Å². The van der Waals surface area contributed by atoms with Crippen LogP contribution in [0.15, 0.2) is 36.4 Å². The van der Waals surface area contributed by atoms with Gasteiger partial charge in [0, 0.05) is 31.2 Å². The number of amides is 1. The van der Waals surface area contributed by atoms with Crippen LogP contribution >= 0.6 is 0 Å². The average molecular weight is 481 g/mol. The number of benzene rings is 2. The van der Waals surface area contributed by atoms with Crippen molar-refractivity contribution in [1.29, 1.82) is 0 Å². The highest BCUT2D eigenvalue weighted by Crippen LogP contribution is 2.34. The first kappa shape index (κ1) is 25.8. The summed E-state index contributed by atoms with van der Waals surface area (Å²) in [7, 11) is 1.99. The highest BCUT2D eigenvalue weighted by Gasteiger charge is 2.21. The maximum Gasteiger partial charge on any atom is 0.340 e. The summed E-state index contributed by atoms with van der Waals surface area (Å²) in [4.78, 5) is 24.7. The lowest BCUT2D eigenvalue weighted by molar-refractivity contribution is -0.116. The Morgan fingerprint density at radius 2 is 1.64 bits per heavy atom. The normalized spacial score (nSPS) is 10.8. The van der Waals surface area contributed by atoms with Gasteiger partial charge >= 0.3 is 5.97 Å². The van der Waals surface area contributed by atoms with Gasteiger partial charge in [-0.25, -0.2) is 13.2 Å². The molecule has 2 rings (SSSR count). The number of hydrogen-bond donors (Lipinski definition) is 1. The maximum absolute atomic E-state index is 12.6. The van der Waals surface area contributed by atoms with Crippen molar-refractivity contribution >= 4 is 33.3 Å². The van der Waals surface area contributed by atoms with E-state index >= 15 is 0 Å². The van der Waals surface area contributed by atoms with Crippen LogP contribution in [0.4, 0.5) is 11.4 Å². The lowest BCUT2D eigenvalue weighted by atomic mass is 10.1. The summed E-state index contributed by atoms with van der Waals surface area (Å²) in [5.41, 5.74) is 0.722. The highest BCUT2D eigenvalue weighted by atomic mass is 32.2. The van der Waals surface area contributed by atoms with E-state index in [1.54, 1.807) is 24.3 Å². The van der Waals surface area contributed by atoms with Crippen LogP contribution in [0.5, 0.6) is 17.2 Å². The summed E-state index contributed by atoms with van der Waals surface area (Å²) < 4.78 is 46.2. The quantitative estimate of drug-likeness (QED) is 0.488. The molecule has 11 heteroatoms. The van der Waals surface area contributed by atoms with E-state index in [2.05, 4.69) is 5.32 Å². The van der Waals surface area contributed by atoms with Crippen LogP contribution in [-0.2, 0) is 19.6 Å². The fourth-order valence-electron chi connectivity index (χ4n) is 3.11. The van der Waals surface area contributed by atoms with Crippen molar-refractivity contribution in [2.45, 2.75) is 12.8 Å². The minimum atomic E-state index is -3.58. The van der Waals surface area contributed by atoms with Crippen molar-refractivity contribution in [3.63, 3.8) is 0 Å². The molecule has 0 aliphatic heterocycles. The van der Waals surface area contributed by atoms with E-state index in [4.69, 9.17) is 18.9 Å². The fraction of sp³-hybridized carbons (Fsp3) is 0.364. The number of nitrogens with one attached hydrogen (secondary N) is 1. The smallest absolute Gasteiger partial charge is 0.340 e. The lowest BCUT2D eigenvalue weighted by Gasteiger charge is -2.22. The number of carbonyl (C=O) groups is 2. The van der Waals surface area contributed by atoms with Crippen molar-refractivity contribution in [3.8, 4) is 17.2 Å². The number of hydrogen-bond acceptors (Lipinski definition) is 8. The molecule has 0 saturated carbocycles.